The van der Waals surface area contributed by atoms with Gasteiger partial charge in [0.05, 0.1) is 11.6 Å². The Morgan fingerprint density at radius 1 is 1.33 bits per heavy atom. The first-order valence-electron chi connectivity index (χ1n) is 7.54. The van der Waals surface area contributed by atoms with Crippen LogP contribution in [0.2, 0.25) is 0 Å². The Kier molecular flexibility index (Phi) is 4.38. The molecule has 3 rings (SSSR count). The van der Waals surface area contributed by atoms with Crippen LogP contribution in [-0.4, -0.2) is 40.9 Å². The SMILES string of the molecule is CCn1cnnc1[C@H](C)NC(=O)c1c(-n2cnnn2)sc(C)c1C. The highest BCUT2D eigenvalue weighted by atomic mass is 32.1. The lowest BCUT2D eigenvalue weighted by molar-refractivity contribution is 0.0937. The molecule has 0 aliphatic heterocycles. The highest BCUT2D eigenvalue weighted by Gasteiger charge is 2.24. The van der Waals surface area contributed by atoms with Crippen molar-refractivity contribution in [3.05, 3.63) is 34.5 Å². The zero-order valence-corrected chi connectivity index (χ0v) is 14.7. The minimum Gasteiger partial charge on any atom is -0.342 e. The molecule has 1 N–H and O–H groups in total. The second-order valence-electron chi connectivity index (χ2n) is 5.39. The Bertz CT molecular complexity index is 850. The summed E-state index contributed by atoms with van der Waals surface area (Å²) < 4.78 is 3.41. The monoisotopic (exact) mass is 346 g/mol. The van der Waals surface area contributed by atoms with Crippen molar-refractivity contribution in [2.75, 3.05) is 0 Å². The number of nitrogens with one attached hydrogen (secondary N) is 1. The van der Waals surface area contributed by atoms with Gasteiger partial charge >= 0.3 is 0 Å². The van der Waals surface area contributed by atoms with E-state index in [0.29, 0.717) is 10.6 Å². The molecular formula is C14H18N8OS. The van der Waals surface area contributed by atoms with Crippen molar-refractivity contribution >= 4 is 17.2 Å². The molecule has 9 nitrogen and oxygen atoms in total. The van der Waals surface area contributed by atoms with Crippen LogP contribution in [0.5, 0.6) is 0 Å². The van der Waals surface area contributed by atoms with E-state index in [2.05, 4.69) is 31.0 Å². The molecule has 1 amide bonds. The number of carbonyl (C=O) groups is 1. The molecule has 0 fully saturated rings. The Morgan fingerprint density at radius 3 is 2.79 bits per heavy atom. The smallest absolute Gasteiger partial charge is 0.255 e. The van der Waals surface area contributed by atoms with Crippen LogP contribution in [0.3, 0.4) is 0 Å². The van der Waals surface area contributed by atoms with E-state index >= 15 is 0 Å². The van der Waals surface area contributed by atoms with Gasteiger partial charge in [-0.25, -0.2) is 0 Å². The lowest BCUT2D eigenvalue weighted by atomic mass is 10.1. The largest absolute Gasteiger partial charge is 0.342 e. The van der Waals surface area contributed by atoms with Gasteiger partial charge in [0.2, 0.25) is 0 Å². The van der Waals surface area contributed by atoms with Crippen LogP contribution >= 0.6 is 11.3 Å². The third kappa shape index (κ3) is 2.80. The molecule has 0 bridgehead atoms. The maximum Gasteiger partial charge on any atom is 0.255 e. The van der Waals surface area contributed by atoms with Gasteiger partial charge in [0.15, 0.2) is 5.82 Å². The molecule has 0 saturated carbocycles. The molecule has 0 spiro atoms. The minimum atomic E-state index is -0.263. The summed E-state index contributed by atoms with van der Waals surface area (Å²) >= 11 is 1.49. The molecule has 1 atom stereocenters. The molecule has 3 aromatic heterocycles. The summed E-state index contributed by atoms with van der Waals surface area (Å²) in [6.07, 6.45) is 3.14. The topological polar surface area (TPSA) is 103 Å². The van der Waals surface area contributed by atoms with Crippen molar-refractivity contribution in [1.82, 2.24) is 40.3 Å². The molecule has 0 radical (unpaired) electrons. The molecule has 0 aliphatic rings. The van der Waals surface area contributed by atoms with Gasteiger partial charge in [-0.15, -0.1) is 26.6 Å². The summed E-state index contributed by atoms with van der Waals surface area (Å²) in [4.78, 5) is 13.9. The van der Waals surface area contributed by atoms with Gasteiger partial charge in [0.1, 0.15) is 17.7 Å². The quantitative estimate of drug-likeness (QED) is 0.750. The van der Waals surface area contributed by atoms with Crippen LogP contribution in [0.25, 0.3) is 5.00 Å². The lowest BCUT2D eigenvalue weighted by Gasteiger charge is -2.14. The van der Waals surface area contributed by atoms with Crippen molar-refractivity contribution in [3.8, 4) is 5.00 Å². The minimum absolute atomic E-state index is 0.180. The van der Waals surface area contributed by atoms with Gasteiger partial charge in [-0.2, -0.15) is 4.68 Å². The van der Waals surface area contributed by atoms with E-state index in [1.165, 1.54) is 22.3 Å². The molecule has 0 unspecified atom stereocenters. The fraction of sp³-hybridized carbons (Fsp3) is 0.429. The van der Waals surface area contributed by atoms with Crippen LogP contribution in [0, 0.1) is 13.8 Å². The predicted octanol–water partition coefficient (Wildman–Crippen LogP) is 1.44. The number of carbonyl (C=O) groups excluding carboxylic acids is 1. The van der Waals surface area contributed by atoms with Gasteiger partial charge in [-0.3, -0.25) is 4.79 Å². The van der Waals surface area contributed by atoms with Crippen LogP contribution < -0.4 is 5.32 Å². The fourth-order valence-electron chi connectivity index (χ4n) is 2.47. The number of nitrogens with zero attached hydrogens (tertiary/aromatic N) is 7. The Morgan fingerprint density at radius 2 is 2.12 bits per heavy atom. The molecule has 3 heterocycles. The van der Waals surface area contributed by atoms with E-state index in [-0.39, 0.29) is 11.9 Å². The summed E-state index contributed by atoms with van der Waals surface area (Å²) in [6, 6.07) is -0.263. The number of rotatable bonds is 5. The van der Waals surface area contributed by atoms with E-state index in [1.807, 2.05) is 32.3 Å². The zero-order chi connectivity index (χ0) is 17.3. The number of amides is 1. The van der Waals surface area contributed by atoms with E-state index < -0.39 is 0 Å². The number of aromatic nitrogens is 7. The number of hydrogen-bond donors (Lipinski definition) is 1. The summed E-state index contributed by atoms with van der Waals surface area (Å²) in [5.74, 6) is 0.542. The summed E-state index contributed by atoms with van der Waals surface area (Å²) in [7, 11) is 0. The Hall–Kier alpha value is -2.62. The molecule has 3 aromatic rings. The summed E-state index contributed by atoms with van der Waals surface area (Å²) in [5.41, 5.74) is 1.51. The van der Waals surface area contributed by atoms with Gasteiger partial charge in [0.25, 0.3) is 5.91 Å². The first-order chi connectivity index (χ1) is 11.5. The predicted molar refractivity (Wildman–Crippen MR) is 88.1 cm³/mol. The fourth-order valence-corrected chi connectivity index (χ4v) is 3.54. The standard InChI is InChI=1S/C14H18N8OS/c1-5-21-6-15-18-12(21)9(3)17-13(23)11-8(2)10(4)24-14(11)22-7-16-19-20-22/h6-7,9H,5H2,1-4H3,(H,17,23)/t9-/m0/s1. The highest BCUT2D eigenvalue weighted by molar-refractivity contribution is 7.15. The van der Waals surface area contributed by atoms with Gasteiger partial charge in [-0.05, 0) is 43.7 Å². The number of hydrogen-bond acceptors (Lipinski definition) is 7. The van der Waals surface area contributed by atoms with E-state index in [0.717, 1.165) is 22.8 Å². The second-order valence-corrected chi connectivity index (χ2v) is 6.59. The average molecular weight is 346 g/mol. The normalized spacial score (nSPS) is 12.3. The summed E-state index contributed by atoms with van der Waals surface area (Å²) in [6.45, 7) is 8.54. The maximum atomic E-state index is 12.9. The molecule has 126 valence electrons. The average Bonchev–Trinajstić information content (AvgIpc) is 3.28. The highest BCUT2D eigenvalue weighted by Crippen LogP contribution is 2.30. The van der Waals surface area contributed by atoms with Crippen LogP contribution in [0.4, 0.5) is 0 Å². The van der Waals surface area contributed by atoms with E-state index in [4.69, 9.17) is 0 Å². The van der Waals surface area contributed by atoms with Crippen LogP contribution in [-0.2, 0) is 6.54 Å². The first-order valence-corrected chi connectivity index (χ1v) is 8.36. The molecular weight excluding hydrogens is 328 g/mol. The van der Waals surface area contributed by atoms with Crippen LogP contribution in [0.1, 0.15) is 46.5 Å². The first kappa shape index (κ1) is 16.2. The Balaban J connectivity index is 1.91. The molecule has 0 aliphatic carbocycles. The van der Waals surface area contributed by atoms with Gasteiger partial charge in [0, 0.05) is 11.4 Å². The summed E-state index contributed by atoms with van der Waals surface area (Å²) in [5, 5.41) is 22.9. The number of aryl methyl sites for hydroxylation is 2. The van der Waals surface area contributed by atoms with Crippen molar-refractivity contribution < 1.29 is 4.79 Å². The van der Waals surface area contributed by atoms with Crippen molar-refractivity contribution in [2.24, 2.45) is 0 Å². The van der Waals surface area contributed by atoms with Gasteiger partial charge in [-0.1, -0.05) is 0 Å². The van der Waals surface area contributed by atoms with Crippen LogP contribution in [0.15, 0.2) is 12.7 Å². The van der Waals surface area contributed by atoms with E-state index in [9.17, 15) is 4.79 Å². The number of thiophene rings is 1. The molecule has 24 heavy (non-hydrogen) atoms. The van der Waals surface area contributed by atoms with Crippen molar-refractivity contribution in [2.45, 2.75) is 40.3 Å². The lowest BCUT2D eigenvalue weighted by Crippen LogP contribution is -2.29. The van der Waals surface area contributed by atoms with Crippen molar-refractivity contribution in [3.63, 3.8) is 0 Å². The second kappa shape index (κ2) is 6.48. The molecule has 10 heteroatoms. The molecule has 0 aromatic carbocycles. The van der Waals surface area contributed by atoms with Gasteiger partial charge < -0.3 is 9.88 Å². The zero-order valence-electron chi connectivity index (χ0n) is 13.9. The maximum absolute atomic E-state index is 12.9. The van der Waals surface area contributed by atoms with E-state index in [1.54, 1.807) is 6.33 Å². The third-order valence-electron chi connectivity index (χ3n) is 3.87. The Labute approximate surface area is 142 Å². The molecule has 0 saturated heterocycles. The third-order valence-corrected chi connectivity index (χ3v) is 5.07. The van der Waals surface area contributed by atoms with Crippen molar-refractivity contribution in [1.29, 1.82) is 0 Å². The number of tetrazole rings is 1.